The van der Waals surface area contributed by atoms with Gasteiger partial charge in [0.05, 0.1) is 5.25 Å². The highest BCUT2D eigenvalue weighted by Gasteiger charge is 2.22. The minimum Gasteiger partial charge on any atom is -0.443 e. The molecule has 0 bridgehead atoms. The van der Waals surface area contributed by atoms with Gasteiger partial charge in [0.2, 0.25) is 0 Å². The summed E-state index contributed by atoms with van der Waals surface area (Å²) in [4.78, 5) is 41.5. The Hall–Kier alpha value is -3.91. The molecule has 0 saturated heterocycles. The van der Waals surface area contributed by atoms with Crippen molar-refractivity contribution in [3.8, 4) is 0 Å². The van der Waals surface area contributed by atoms with E-state index in [0.717, 1.165) is 16.7 Å². The van der Waals surface area contributed by atoms with Crippen LogP contribution >= 0.6 is 11.8 Å². The second-order valence-electron chi connectivity index (χ2n) is 7.20. The Morgan fingerprint density at radius 3 is 1.94 bits per heavy atom. The number of carbonyl (C=O) groups is 1. The van der Waals surface area contributed by atoms with Gasteiger partial charge >= 0.3 is 17.2 Å². The number of aromatic nitrogens is 3. The topological polar surface area (TPSA) is 83.2 Å². The molecule has 0 radical (unpaired) electrons. The van der Waals surface area contributed by atoms with E-state index in [1.807, 2.05) is 78.9 Å². The van der Waals surface area contributed by atoms with Crippen LogP contribution in [0.1, 0.15) is 21.9 Å². The molecule has 1 heterocycles. The highest BCUT2D eigenvalue weighted by atomic mass is 32.2. The minimum atomic E-state index is -1.06. The molecule has 1 aromatic heterocycles. The van der Waals surface area contributed by atoms with Gasteiger partial charge in [0.15, 0.2) is 5.16 Å². The van der Waals surface area contributed by atoms with E-state index in [2.05, 4.69) is 4.98 Å². The number of nitrogens with zero attached hydrogens (tertiary/aromatic N) is 3. The van der Waals surface area contributed by atoms with Gasteiger partial charge in [0, 0.05) is 7.05 Å². The summed E-state index contributed by atoms with van der Waals surface area (Å²) in [6.45, 7) is -0.0260. The van der Waals surface area contributed by atoms with Crippen molar-refractivity contribution < 1.29 is 9.53 Å². The molecule has 0 aliphatic heterocycles. The first-order chi connectivity index (χ1) is 16.0. The van der Waals surface area contributed by atoms with E-state index in [1.54, 1.807) is 12.1 Å². The van der Waals surface area contributed by atoms with Crippen LogP contribution in [0.3, 0.4) is 0 Å². The van der Waals surface area contributed by atoms with E-state index in [0.29, 0.717) is 4.68 Å². The van der Waals surface area contributed by atoms with Crippen LogP contribution in [0.2, 0.25) is 0 Å². The normalized spacial score (nSPS) is 10.8. The first kappa shape index (κ1) is 22.3. The summed E-state index contributed by atoms with van der Waals surface area (Å²) in [5.74, 6) is 0. The summed E-state index contributed by atoms with van der Waals surface area (Å²) in [6, 6.07) is 28.6. The average Bonchev–Trinajstić information content (AvgIpc) is 2.86. The lowest BCUT2D eigenvalue weighted by atomic mass is 10.0. The van der Waals surface area contributed by atoms with Crippen molar-refractivity contribution in [2.75, 3.05) is 0 Å². The molecule has 0 fully saturated rings. The molecule has 0 amide bonds. The third-order valence-corrected chi connectivity index (χ3v) is 6.30. The Morgan fingerprint density at radius 1 is 0.879 bits per heavy atom. The van der Waals surface area contributed by atoms with E-state index in [4.69, 9.17) is 4.74 Å². The van der Waals surface area contributed by atoms with Crippen LogP contribution in [0.5, 0.6) is 0 Å². The molecule has 0 aliphatic rings. The lowest BCUT2D eigenvalue weighted by molar-refractivity contribution is 0.130. The number of benzene rings is 3. The van der Waals surface area contributed by atoms with Gasteiger partial charge in [-0.05, 0) is 16.7 Å². The van der Waals surface area contributed by atoms with Crippen molar-refractivity contribution in [1.29, 1.82) is 0 Å². The van der Waals surface area contributed by atoms with E-state index in [1.165, 1.54) is 23.5 Å². The molecule has 0 atom stereocenters. The van der Waals surface area contributed by atoms with Crippen molar-refractivity contribution in [2.45, 2.75) is 17.0 Å². The average molecular weight is 460 g/mol. The molecule has 0 N–H and O–H groups in total. The fourth-order valence-corrected chi connectivity index (χ4v) is 4.46. The molecule has 0 spiro atoms. The number of rotatable bonds is 6. The molecule has 0 unspecified atom stereocenters. The van der Waals surface area contributed by atoms with Crippen LogP contribution < -0.4 is 11.1 Å². The van der Waals surface area contributed by atoms with Crippen molar-refractivity contribution in [3.63, 3.8) is 0 Å². The number of hydrogen-bond donors (Lipinski definition) is 0. The molecule has 4 rings (SSSR count). The lowest BCUT2D eigenvalue weighted by Crippen LogP contribution is -2.45. The molecular weight excluding hydrogens is 438 g/mol. The Balaban J connectivity index is 1.69. The van der Waals surface area contributed by atoms with Crippen LogP contribution in [0.4, 0.5) is 4.79 Å². The van der Waals surface area contributed by atoms with E-state index in [9.17, 15) is 14.4 Å². The molecule has 8 heteroatoms. The van der Waals surface area contributed by atoms with Gasteiger partial charge in [-0.3, -0.25) is 14.3 Å². The van der Waals surface area contributed by atoms with Crippen molar-refractivity contribution in [2.24, 2.45) is 7.05 Å². The highest BCUT2D eigenvalue weighted by molar-refractivity contribution is 7.99. The maximum Gasteiger partial charge on any atom is 0.437 e. The Labute approximate surface area is 194 Å². The summed E-state index contributed by atoms with van der Waals surface area (Å²) >= 11 is 1.27. The number of carbonyl (C=O) groups excluding carboxylic acids is 1. The van der Waals surface area contributed by atoms with Gasteiger partial charge in [-0.1, -0.05) is 103 Å². The Morgan fingerprint density at radius 2 is 1.39 bits per heavy atom. The van der Waals surface area contributed by atoms with Crippen molar-refractivity contribution in [3.05, 3.63) is 128 Å². The Bertz CT molecular complexity index is 1310. The summed E-state index contributed by atoms with van der Waals surface area (Å²) < 4.78 is 7.24. The summed E-state index contributed by atoms with van der Waals surface area (Å²) in [6.07, 6.45) is -0.941. The second kappa shape index (κ2) is 10.1. The third-order valence-electron chi connectivity index (χ3n) is 4.96. The molecular formula is C25H21N3O4S. The van der Waals surface area contributed by atoms with Crippen LogP contribution in [0, 0.1) is 0 Å². The third kappa shape index (κ3) is 5.12. The molecule has 0 aliphatic carbocycles. The SMILES string of the molecule is Cn1c(SC(c2ccccc2)c2ccccc2)nc(=O)c(=O)n1C(=O)OCc1ccccc1. The maximum atomic E-state index is 12.7. The number of ether oxygens (including phenoxy) is 1. The molecule has 3 aromatic carbocycles. The van der Waals surface area contributed by atoms with Crippen molar-refractivity contribution >= 4 is 17.9 Å². The summed E-state index contributed by atoms with van der Waals surface area (Å²) in [5.41, 5.74) is 0.670. The van der Waals surface area contributed by atoms with E-state index in [-0.39, 0.29) is 17.0 Å². The second-order valence-corrected chi connectivity index (χ2v) is 8.27. The van der Waals surface area contributed by atoms with Crippen molar-refractivity contribution in [1.82, 2.24) is 14.3 Å². The quantitative estimate of drug-likeness (QED) is 0.320. The smallest absolute Gasteiger partial charge is 0.437 e. The fraction of sp³-hybridized carbons (Fsp3) is 0.120. The maximum absolute atomic E-state index is 12.7. The monoisotopic (exact) mass is 459 g/mol. The standard InChI is InChI=1S/C25H21N3O4S/c1-27-24(33-21(19-13-7-3-8-14-19)20-15-9-4-10-16-20)26-22(29)23(30)28(27)25(31)32-17-18-11-5-2-6-12-18/h2-16,21H,17H2,1H3. The van der Waals surface area contributed by atoms with Crippen LogP contribution in [0.25, 0.3) is 0 Å². The fourth-order valence-electron chi connectivity index (χ4n) is 3.30. The van der Waals surface area contributed by atoms with Crippen LogP contribution in [-0.4, -0.2) is 20.4 Å². The zero-order chi connectivity index (χ0) is 23.2. The molecule has 0 saturated carbocycles. The van der Waals surface area contributed by atoms with E-state index >= 15 is 0 Å². The molecule has 166 valence electrons. The first-order valence-electron chi connectivity index (χ1n) is 10.2. The zero-order valence-electron chi connectivity index (χ0n) is 17.8. The largest absolute Gasteiger partial charge is 0.443 e. The van der Waals surface area contributed by atoms with E-state index < -0.39 is 17.2 Å². The number of hydrogen-bond acceptors (Lipinski definition) is 6. The highest BCUT2D eigenvalue weighted by Crippen LogP contribution is 2.38. The molecule has 33 heavy (non-hydrogen) atoms. The zero-order valence-corrected chi connectivity index (χ0v) is 18.6. The predicted molar refractivity (Wildman–Crippen MR) is 126 cm³/mol. The van der Waals surface area contributed by atoms with Gasteiger partial charge in [-0.2, -0.15) is 4.98 Å². The summed E-state index contributed by atoms with van der Waals surface area (Å²) in [7, 11) is 1.51. The molecule has 4 aromatic rings. The minimum absolute atomic E-state index is 0.0260. The predicted octanol–water partition coefficient (Wildman–Crippen LogP) is 4.01. The van der Waals surface area contributed by atoms with Gasteiger partial charge in [-0.15, -0.1) is 4.68 Å². The van der Waals surface area contributed by atoms with Gasteiger partial charge in [0.25, 0.3) is 0 Å². The Kier molecular flexibility index (Phi) is 6.85. The van der Waals surface area contributed by atoms with Crippen LogP contribution in [0.15, 0.2) is 106 Å². The number of thioether (sulfide) groups is 1. The lowest BCUT2D eigenvalue weighted by Gasteiger charge is -2.20. The summed E-state index contributed by atoms with van der Waals surface area (Å²) in [5, 5.41) is 0.00533. The van der Waals surface area contributed by atoms with Gasteiger partial charge in [0.1, 0.15) is 6.61 Å². The first-order valence-corrected chi connectivity index (χ1v) is 11.1. The van der Waals surface area contributed by atoms with Gasteiger partial charge < -0.3 is 4.74 Å². The van der Waals surface area contributed by atoms with Crippen LogP contribution in [-0.2, 0) is 18.4 Å². The molecule has 7 nitrogen and oxygen atoms in total. The van der Waals surface area contributed by atoms with Gasteiger partial charge in [-0.25, -0.2) is 4.79 Å².